The van der Waals surface area contributed by atoms with E-state index in [0.717, 1.165) is 44.2 Å². The first-order valence-electron chi connectivity index (χ1n) is 10.6. The highest BCUT2D eigenvalue weighted by atomic mass is 127. The van der Waals surface area contributed by atoms with Crippen LogP contribution in [-0.4, -0.2) is 55.8 Å². The molecule has 2 fully saturated rings. The van der Waals surface area contributed by atoms with Gasteiger partial charge in [-0.3, -0.25) is 4.99 Å². The molecule has 2 saturated heterocycles. The summed E-state index contributed by atoms with van der Waals surface area (Å²) in [6.07, 6.45) is 4.15. The van der Waals surface area contributed by atoms with Crippen LogP contribution in [0.1, 0.15) is 25.3 Å². The molecule has 31 heavy (non-hydrogen) atoms. The maximum atomic E-state index is 5.90. The van der Waals surface area contributed by atoms with E-state index in [0.29, 0.717) is 35.9 Å². The van der Waals surface area contributed by atoms with Gasteiger partial charge in [0.05, 0.1) is 13.2 Å². The van der Waals surface area contributed by atoms with E-state index in [-0.39, 0.29) is 24.0 Å². The van der Waals surface area contributed by atoms with E-state index in [1.165, 1.54) is 6.42 Å². The SMILES string of the molecule is CCOc1ccccc1Oc1ccc(CNC(=NC)N2CCC3(CCOC3)C2)cn1.I. The van der Waals surface area contributed by atoms with Crippen LogP contribution in [0.3, 0.4) is 0 Å². The Morgan fingerprint density at radius 3 is 2.74 bits per heavy atom. The number of hydrogen-bond donors (Lipinski definition) is 1. The molecule has 168 valence electrons. The molecule has 3 heterocycles. The van der Waals surface area contributed by atoms with Gasteiger partial charge >= 0.3 is 0 Å². The van der Waals surface area contributed by atoms with Crippen LogP contribution >= 0.6 is 24.0 Å². The summed E-state index contributed by atoms with van der Waals surface area (Å²) in [5.74, 6) is 2.85. The Balaban J connectivity index is 0.00000272. The number of aromatic nitrogens is 1. The van der Waals surface area contributed by atoms with Gasteiger partial charge in [-0.15, -0.1) is 24.0 Å². The Hall–Kier alpha value is -2.07. The minimum absolute atomic E-state index is 0. The molecular formula is C23H31IN4O3. The third-order valence-corrected chi connectivity index (χ3v) is 5.75. The first-order valence-corrected chi connectivity index (χ1v) is 10.6. The van der Waals surface area contributed by atoms with Crippen molar-refractivity contribution in [2.45, 2.75) is 26.3 Å². The quantitative estimate of drug-likeness (QED) is 0.340. The molecule has 1 atom stereocenters. The molecule has 0 aliphatic carbocycles. The van der Waals surface area contributed by atoms with Crippen LogP contribution in [-0.2, 0) is 11.3 Å². The molecule has 7 nitrogen and oxygen atoms in total. The molecule has 2 aliphatic rings. The highest BCUT2D eigenvalue weighted by Gasteiger charge is 2.42. The summed E-state index contributed by atoms with van der Waals surface area (Å²) < 4.78 is 17.1. The van der Waals surface area contributed by atoms with Crippen LogP contribution in [0.2, 0.25) is 0 Å². The fourth-order valence-corrected chi connectivity index (χ4v) is 4.10. The van der Waals surface area contributed by atoms with Crippen LogP contribution in [0, 0.1) is 5.41 Å². The molecule has 2 aromatic rings. The number of aliphatic imine (C=N–C) groups is 1. The molecule has 1 aromatic carbocycles. The zero-order valence-corrected chi connectivity index (χ0v) is 20.5. The number of likely N-dealkylation sites (tertiary alicyclic amines) is 1. The zero-order valence-electron chi connectivity index (χ0n) is 18.2. The van der Waals surface area contributed by atoms with Gasteiger partial charge in [-0.25, -0.2) is 4.98 Å². The Kier molecular flexibility index (Phi) is 8.36. The van der Waals surface area contributed by atoms with Crippen LogP contribution in [0.4, 0.5) is 0 Å². The van der Waals surface area contributed by atoms with Gasteiger partial charge in [-0.1, -0.05) is 18.2 Å². The van der Waals surface area contributed by atoms with E-state index >= 15 is 0 Å². The predicted molar refractivity (Wildman–Crippen MR) is 132 cm³/mol. The lowest BCUT2D eigenvalue weighted by Crippen LogP contribution is -2.41. The highest BCUT2D eigenvalue weighted by Crippen LogP contribution is 2.38. The number of hydrogen-bond acceptors (Lipinski definition) is 5. The summed E-state index contributed by atoms with van der Waals surface area (Å²) in [5, 5.41) is 3.46. The lowest BCUT2D eigenvalue weighted by molar-refractivity contribution is 0.156. The van der Waals surface area contributed by atoms with E-state index in [4.69, 9.17) is 14.2 Å². The van der Waals surface area contributed by atoms with Crippen LogP contribution in [0.25, 0.3) is 0 Å². The molecule has 8 heteroatoms. The Morgan fingerprint density at radius 1 is 1.23 bits per heavy atom. The first kappa shape index (κ1) is 23.6. The smallest absolute Gasteiger partial charge is 0.219 e. The van der Waals surface area contributed by atoms with Gasteiger partial charge in [0.1, 0.15) is 0 Å². The summed E-state index contributed by atoms with van der Waals surface area (Å²) >= 11 is 0. The molecule has 0 radical (unpaired) electrons. The van der Waals surface area contributed by atoms with Crippen molar-refractivity contribution in [2.24, 2.45) is 10.4 Å². The second-order valence-electron chi connectivity index (χ2n) is 7.86. The molecule has 0 amide bonds. The fourth-order valence-electron chi connectivity index (χ4n) is 4.10. The number of rotatable bonds is 6. The van der Waals surface area contributed by atoms with Crippen LogP contribution in [0.15, 0.2) is 47.6 Å². The molecule has 0 saturated carbocycles. The number of nitrogens with zero attached hydrogens (tertiary/aromatic N) is 3. The van der Waals surface area contributed by atoms with Crippen molar-refractivity contribution in [1.29, 1.82) is 0 Å². The van der Waals surface area contributed by atoms with E-state index in [2.05, 4.69) is 20.2 Å². The highest BCUT2D eigenvalue weighted by molar-refractivity contribution is 14.0. The maximum absolute atomic E-state index is 5.90. The maximum Gasteiger partial charge on any atom is 0.219 e. The molecule has 1 N–H and O–H groups in total. The van der Waals surface area contributed by atoms with Crippen molar-refractivity contribution in [2.75, 3.05) is 40.0 Å². The van der Waals surface area contributed by atoms with Crippen LogP contribution < -0.4 is 14.8 Å². The standard InChI is InChI=1S/C23H30N4O3.HI/c1-3-29-19-6-4-5-7-20(19)30-21-9-8-18(14-25-21)15-26-22(24-2)27-12-10-23(16-27)11-13-28-17-23;/h4-9,14H,3,10-13,15-17H2,1-2H3,(H,24,26);1H. The number of ether oxygens (including phenoxy) is 3. The Morgan fingerprint density at radius 2 is 2.06 bits per heavy atom. The van der Waals surface area contributed by atoms with Gasteiger partial charge in [0.25, 0.3) is 0 Å². The van der Waals surface area contributed by atoms with Crippen molar-refractivity contribution in [3.8, 4) is 17.4 Å². The number of para-hydroxylation sites is 2. The summed E-state index contributed by atoms with van der Waals surface area (Å²) in [4.78, 5) is 11.3. The zero-order chi connectivity index (χ0) is 20.8. The average Bonchev–Trinajstić information content (AvgIpc) is 3.41. The second kappa shape index (κ2) is 11.0. The Bertz CT molecular complexity index is 869. The van der Waals surface area contributed by atoms with Crippen LogP contribution in [0.5, 0.6) is 17.4 Å². The predicted octanol–water partition coefficient (Wildman–Crippen LogP) is 4.08. The normalized spacial score (nSPS) is 20.6. The van der Waals surface area contributed by atoms with E-state index in [9.17, 15) is 0 Å². The number of nitrogens with one attached hydrogen (secondary N) is 1. The van der Waals surface area contributed by atoms with E-state index in [1.54, 1.807) is 0 Å². The van der Waals surface area contributed by atoms with Gasteiger partial charge in [0, 0.05) is 51.0 Å². The topological polar surface area (TPSA) is 68.2 Å². The van der Waals surface area contributed by atoms with E-state index in [1.807, 2.05) is 56.6 Å². The number of benzene rings is 1. The van der Waals surface area contributed by atoms with Crippen molar-refractivity contribution in [3.63, 3.8) is 0 Å². The number of guanidine groups is 1. The van der Waals surface area contributed by atoms with Gasteiger partial charge in [0.15, 0.2) is 17.5 Å². The molecule has 4 rings (SSSR count). The van der Waals surface area contributed by atoms with Crippen molar-refractivity contribution in [1.82, 2.24) is 15.2 Å². The monoisotopic (exact) mass is 538 g/mol. The third kappa shape index (κ3) is 5.79. The molecule has 1 unspecified atom stereocenters. The van der Waals surface area contributed by atoms with Crippen molar-refractivity contribution in [3.05, 3.63) is 48.2 Å². The molecule has 1 aromatic heterocycles. The lowest BCUT2D eigenvalue weighted by Gasteiger charge is -2.25. The van der Waals surface area contributed by atoms with Gasteiger partial charge < -0.3 is 24.4 Å². The molecule has 2 aliphatic heterocycles. The fraction of sp³-hybridized carbons (Fsp3) is 0.478. The lowest BCUT2D eigenvalue weighted by atomic mass is 9.87. The van der Waals surface area contributed by atoms with Crippen molar-refractivity contribution >= 4 is 29.9 Å². The average molecular weight is 538 g/mol. The van der Waals surface area contributed by atoms with Gasteiger partial charge in [-0.05, 0) is 37.5 Å². The molecule has 1 spiro atoms. The van der Waals surface area contributed by atoms with Gasteiger partial charge in [0.2, 0.25) is 5.88 Å². The second-order valence-corrected chi connectivity index (χ2v) is 7.86. The summed E-state index contributed by atoms with van der Waals surface area (Å²) in [6.45, 7) is 6.99. The van der Waals surface area contributed by atoms with Gasteiger partial charge in [-0.2, -0.15) is 0 Å². The molecule has 0 bridgehead atoms. The largest absolute Gasteiger partial charge is 0.490 e. The number of pyridine rings is 1. The third-order valence-electron chi connectivity index (χ3n) is 5.75. The van der Waals surface area contributed by atoms with E-state index < -0.39 is 0 Å². The Labute approximate surface area is 201 Å². The minimum Gasteiger partial charge on any atom is -0.490 e. The summed E-state index contributed by atoms with van der Waals surface area (Å²) in [7, 11) is 1.84. The summed E-state index contributed by atoms with van der Waals surface area (Å²) in [6, 6.07) is 11.5. The molecular weight excluding hydrogens is 507 g/mol. The summed E-state index contributed by atoms with van der Waals surface area (Å²) in [5.41, 5.74) is 1.38. The minimum atomic E-state index is 0. The van der Waals surface area contributed by atoms with Crippen molar-refractivity contribution < 1.29 is 14.2 Å². The first-order chi connectivity index (χ1) is 14.7. The number of halogens is 1.